The third-order valence-corrected chi connectivity index (χ3v) is 3.57. The van der Waals surface area contributed by atoms with Gasteiger partial charge in [0.2, 0.25) is 0 Å². The van der Waals surface area contributed by atoms with Crippen molar-refractivity contribution >= 4 is 5.97 Å². The molecule has 90 valence electrons. The van der Waals surface area contributed by atoms with E-state index in [0.29, 0.717) is 6.42 Å². The summed E-state index contributed by atoms with van der Waals surface area (Å²) in [6, 6.07) is 0. The van der Waals surface area contributed by atoms with Gasteiger partial charge in [-0.15, -0.1) is 0 Å². The van der Waals surface area contributed by atoms with Crippen LogP contribution < -0.4 is 0 Å². The second kappa shape index (κ2) is 3.18. The zero-order valence-electron chi connectivity index (χ0n) is 9.64. The van der Waals surface area contributed by atoms with E-state index in [1.807, 2.05) is 13.8 Å². The summed E-state index contributed by atoms with van der Waals surface area (Å²) in [6.07, 6.45) is 0.293. The molecule has 16 heavy (non-hydrogen) atoms. The number of hydrogen-bond donors (Lipinski definition) is 0. The van der Waals surface area contributed by atoms with E-state index in [0.717, 1.165) is 0 Å². The van der Waals surface area contributed by atoms with Crippen molar-refractivity contribution in [2.75, 3.05) is 7.11 Å². The zero-order valence-corrected chi connectivity index (χ0v) is 9.64. The Kier molecular flexibility index (Phi) is 2.09. The molecule has 0 N–H and O–H groups in total. The van der Waals surface area contributed by atoms with E-state index in [1.165, 1.54) is 7.11 Å². The number of ether oxygens (including phenoxy) is 4. The smallest absolute Gasteiger partial charge is 0.311 e. The maximum Gasteiger partial charge on any atom is 0.311 e. The van der Waals surface area contributed by atoms with Crippen molar-refractivity contribution in [3.63, 3.8) is 0 Å². The molecule has 0 aromatic carbocycles. The molecule has 3 rings (SSSR count). The average molecular weight is 228 g/mol. The predicted molar refractivity (Wildman–Crippen MR) is 52.6 cm³/mol. The van der Waals surface area contributed by atoms with Crippen molar-refractivity contribution in [2.45, 2.75) is 50.5 Å². The number of methoxy groups -OCH3 is 1. The lowest BCUT2D eigenvalue weighted by Crippen LogP contribution is -2.42. The molecule has 0 aromatic rings. The van der Waals surface area contributed by atoms with E-state index in [4.69, 9.17) is 18.9 Å². The first kappa shape index (κ1) is 10.5. The first-order valence-corrected chi connectivity index (χ1v) is 5.61. The minimum atomic E-state index is -0.569. The lowest BCUT2D eigenvalue weighted by molar-refractivity contribution is -0.180. The Morgan fingerprint density at radius 3 is 2.62 bits per heavy atom. The first-order valence-electron chi connectivity index (χ1n) is 5.61. The van der Waals surface area contributed by atoms with Crippen LogP contribution in [0.25, 0.3) is 0 Å². The molecule has 3 aliphatic heterocycles. The Morgan fingerprint density at radius 1 is 1.25 bits per heavy atom. The lowest BCUT2D eigenvalue weighted by atomic mass is 9.85. The zero-order chi connectivity index (χ0) is 11.5. The van der Waals surface area contributed by atoms with Crippen molar-refractivity contribution in [1.29, 1.82) is 0 Å². The number of carbonyl (C=O) groups is 1. The molecule has 5 unspecified atom stereocenters. The van der Waals surface area contributed by atoms with Crippen LogP contribution in [0.5, 0.6) is 0 Å². The molecule has 0 spiro atoms. The maximum absolute atomic E-state index is 11.6. The largest absolute Gasteiger partial charge is 0.469 e. The van der Waals surface area contributed by atoms with Gasteiger partial charge in [0.15, 0.2) is 5.79 Å². The summed E-state index contributed by atoms with van der Waals surface area (Å²) in [5.74, 6) is -0.978. The Morgan fingerprint density at radius 2 is 1.94 bits per heavy atom. The van der Waals surface area contributed by atoms with Crippen molar-refractivity contribution in [1.82, 2.24) is 0 Å². The number of hydrogen-bond acceptors (Lipinski definition) is 5. The highest BCUT2D eigenvalue weighted by Crippen LogP contribution is 2.48. The lowest BCUT2D eigenvalue weighted by Gasteiger charge is -2.23. The van der Waals surface area contributed by atoms with Crippen LogP contribution >= 0.6 is 0 Å². The Balaban J connectivity index is 1.80. The quantitative estimate of drug-likeness (QED) is 0.610. The van der Waals surface area contributed by atoms with E-state index in [1.54, 1.807) is 0 Å². The summed E-state index contributed by atoms with van der Waals surface area (Å²) in [4.78, 5) is 11.6. The molecule has 5 atom stereocenters. The fraction of sp³-hybridized carbons (Fsp3) is 0.909. The van der Waals surface area contributed by atoms with Gasteiger partial charge in [-0.2, -0.15) is 0 Å². The monoisotopic (exact) mass is 228 g/mol. The molecular formula is C11H16O5. The third kappa shape index (κ3) is 1.31. The second-order valence-corrected chi connectivity index (χ2v) is 5.07. The predicted octanol–water partition coefficient (Wildman–Crippen LogP) is 0.467. The summed E-state index contributed by atoms with van der Waals surface area (Å²) in [5.41, 5.74) is 0. The Hall–Kier alpha value is -0.650. The SMILES string of the molecule is COC(=O)C1CC2OC1C1OC(C)(C)OC21. The summed E-state index contributed by atoms with van der Waals surface area (Å²) < 4.78 is 22.0. The van der Waals surface area contributed by atoms with Crippen LogP contribution in [0.3, 0.4) is 0 Å². The topological polar surface area (TPSA) is 54.0 Å². The molecule has 0 aromatic heterocycles. The van der Waals surface area contributed by atoms with Crippen molar-refractivity contribution in [3.05, 3.63) is 0 Å². The third-order valence-electron chi connectivity index (χ3n) is 3.57. The fourth-order valence-corrected chi connectivity index (χ4v) is 3.00. The molecule has 3 aliphatic rings. The molecule has 0 aliphatic carbocycles. The summed E-state index contributed by atoms with van der Waals surface area (Å²) in [7, 11) is 1.40. The molecule has 5 nitrogen and oxygen atoms in total. The molecular weight excluding hydrogens is 212 g/mol. The van der Waals surface area contributed by atoms with E-state index in [9.17, 15) is 4.79 Å². The number of fused-ring (bicyclic) bond motifs is 5. The minimum Gasteiger partial charge on any atom is -0.469 e. The van der Waals surface area contributed by atoms with Gasteiger partial charge in [-0.05, 0) is 20.3 Å². The molecule has 5 heteroatoms. The molecule has 0 radical (unpaired) electrons. The standard InChI is InChI=1S/C11H16O5/c1-11(2)15-8-6-4-5(10(12)13-3)7(14-6)9(8)16-11/h5-9H,4H2,1-3H3. The van der Waals surface area contributed by atoms with Gasteiger partial charge in [0.05, 0.1) is 19.1 Å². The van der Waals surface area contributed by atoms with Gasteiger partial charge in [-0.3, -0.25) is 4.79 Å². The van der Waals surface area contributed by atoms with Crippen molar-refractivity contribution in [2.24, 2.45) is 5.92 Å². The second-order valence-electron chi connectivity index (χ2n) is 5.07. The van der Waals surface area contributed by atoms with Gasteiger partial charge in [0, 0.05) is 0 Å². The number of rotatable bonds is 1. The molecule has 3 saturated heterocycles. The van der Waals surface area contributed by atoms with Gasteiger partial charge in [-0.1, -0.05) is 0 Å². The highest BCUT2D eigenvalue weighted by molar-refractivity contribution is 5.74. The van der Waals surface area contributed by atoms with Crippen LogP contribution in [0.1, 0.15) is 20.3 Å². The van der Waals surface area contributed by atoms with Crippen LogP contribution in [0, 0.1) is 5.92 Å². The van der Waals surface area contributed by atoms with Crippen LogP contribution in [0.2, 0.25) is 0 Å². The van der Waals surface area contributed by atoms with E-state index in [-0.39, 0.29) is 36.3 Å². The minimum absolute atomic E-state index is 0.0269. The van der Waals surface area contributed by atoms with Gasteiger partial charge in [0.1, 0.15) is 18.3 Å². The summed E-state index contributed by atoms with van der Waals surface area (Å²) >= 11 is 0. The van der Waals surface area contributed by atoms with Crippen LogP contribution in [-0.2, 0) is 23.7 Å². The van der Waals surface area contributed by atoms with Crippen LogP contribution in [0.4, 0.5) is 0 Å². The van der Waals surface area contributed by atoms with Crippen molar-refractivity contribution < 1.29 is 23.7 Å². The van der Waals surface area contributed by atoms with E-state index in [2.05, 4.69) is 0 Å². The normalized spacial score (nSPS) is 48.1. The van der Waals surface area contributed by atoms with E-state index >= 15 is 0 Å². The summed E-state index contributed by atoms with van der Waals surface area (Å²) in [6.45, 7) is 3.77. The van der Waals surface area contributed by atoms with Crippen LogP contribution in [0.15, 0.2) is 0 Å². The average Bonchev–Trinajstić information content (AvgIpc) is 2.83. The Labute approximate surface area is 94.0 Å². The first-order chi connectivity index (χ1) is 7.52. The van der Waals surface area contributed by atoms with E-state index < -0.39 is 5.79 Å². The highest BCUT2D eigenvalue weighted by Gasteiger charge is 2.63. The van der Waals surface area contributed by atoms with Gasteiger partial charge in [0.25, 0.3) is 0 Å². The molecule has 3 fully saturated rings. The Bertz CT molecular complexity index is 326. The molecule has 0 amide bonds. The molecule has 3 heterocycles. The van der Waals surface area contributed by atoms with Crippen LogP contribution in [-0.4, -0.2) is 43.3 Å². The summed E-state index contributed by atoms with van der Waals surface area (Å²) in [5, 5.41) is 0. The fourth-order valence-electron chi connectivity index (χ4n) is 3.00. The van der Waals surface area contributed by atoms with Gasteiger partial charge in [-0.25, -0.2) is 0 Å². The number of carbonyl (C=O) groups excluding carboxylic acids is 1. The van der Waals surface area contributed by atoms with Gasteiger partial charge < -0.3 is 18.9 Å². The van der Waals surface area contributed by atoms with Gasteiger partial charge >= 0.3 is 5.97 Å². The number of esters is 1. The highest BCUT2D eigenvalue weighted by atomic mass is 16.8. The molecule has 2 bridgehead atoms. The van der Waals surface area contributed by atoms with Crippen molar-refractivity contribution in [3.8, 4) is 0 Å². The molecule has 0 saturated carbocycles. The maximum atomic E-state index is 11.6.